The Morgan fingerprint density at radius 3 is 2.69 bits per heavy atom. The number of ether oxygens (including phenoxy) is 3. The highest BCUT2D eigenvalue weighted by Gasteiger charge is 2.36. The van der Waals surface area contributed by atoms with E-state index in [9.17, 15) is 4.79 Å². The van der Waals surface area contributed by atoms with E-state index in [0.29, 0.717) is 6.61 Å². The number of carbonyl (C=O) groups excluding carboxylic acids is 1. The maximum absolute atomic E-state index is 10.4. The van der Waals surface area contributed by atoms with E-state index in [-0.39, 0.29) is 12.2 Å². The van der Waals surface area contributed by atoms with Crippen molar-refractivity contribution in [3.8, 4) is 0 Å². The molecule has 5 heteroatoms. The molecule has 1 saturated heterocycles. The molecular formula is C8H15NO4. The van der Waals surface area contributed by atoms with Crippen molar-refractivity contribution in [2.75, 3.05) is 6.61 Å². The van der Waals surface area contributed by atoms with Gasteiger partial charge in [-0.05, 0) is 20.8 Å². The lowest BCUT2D eigenvalue weighted by Gasteiger charge is -2.20. The molecule has 76 valence electrons. The van der Waals surface area contributed by atoms with Crippen molar-refractivity contribution in [2.45, 2.75) is 38.8 Å². The van der Waals surface area contributed by atoms with Gasteiger partial charge in [0.05, 0.1) is 6.61 Å². The Kier molecular flexibility index (Phi) is 2.77. The Morgan fingerprint density at radius 1 is 1.69 bits per heavy atom. The Bertz CT molecular complexity index is 204. The monoisotopic (exact) mass is 189 g/mol. The molecule has 1 fully saturated rings. The molecule has 0 aromatic heterocycles. The first kappa shape index (κ1) is 10.3. The van der Waals surface area contributed by atoms with Crippen LogP contribution in [0.4, 0.5) is 4.79 Å². The predicted molar refractivity (Wildman–Crippen MR) is 45.0 cm³/mol. The molecule has 1 rings (SSSR count). The minimum absolute atomic E-state index is 0.234. The lowest BCUT2D eigenvalue weighted by Crippen LogP contribution is -2.33. The first-order valence-corrected chi connectivity index (χ1v) is 4.18. The molecular weight excluding hydrogens is 174 g/mol. The van der Waals surface area contributed by atoms with Gasteiger partial charge >= 0.3 is 6.09 Å². The number of amides is 1. The van der Waals surface area contributed by atoms with Crippen molar-refractivity contribution < 1.29 is 19.0 Å². The topological polar surface area (TPSA) is 70.8 Å². The van der Waals surface area contributed by atoms with E-state index in [4.69, 9.17) is 19.9 Å². The van der Waals surface area contributed by atoms with Crippen LogP contribution in [0.5, 0.6) is 0 Å². The summed E-state index contributed by atoms with van der Waals surface area (Å²) in [5.41, 5.74) is 4.87. The molecule has 0 aliphatic carbocycles. The minimum atomic E-state index is -0.791. The molecule has 1 amide bonds. The van der Waals surface area contributed by atoms with Crippen LogP contribution in [-0.2, 0) is 14.2 Å². The van der Waals surface area contributed by atoms with Crippen molar-refractivity contribution in [1.82, 2.24) is 0 Å². The fourth-order valence-electron chi connectivity index (χ4n) is 1.21. The fraction of sp³-hybridized carbons (Fsp3) is 0.875. The van der Waals surface area contributed by atoms with Gasteiger partial charge in [0.25, 0.3) is 0 Å². The number of rotatable bonds is 2. The number of primary amides is 1. The molecule has 2 atom stereocenters. The molecule has 0 unspecified atom stereocenters. The summed E-state index contributed by atoms with van der Waals surface area (Å²) in [6.07, 6.45) is -1.40. The van der Waals surface area contributed by atoms with Gasteiger partial charge in [-0.2, -0.15) is 0 Å². The summed E-state index contributed by atoms with van der Waals surface area (Å²) >= 11 is 0. The number of nitrogens with two attached hydrogens (primary N) is 1. The summed E-state index contributed by atoms with van der Waals surface area (Å²) in [7, 11) is 0. The molecule has 0 spiro atoms. The third kappa shape index (κ3) is 2.86. The minimum Gasteiger partial charge on any atom is -0.444 e. The average Bonchev–Trinajstić information content (AvgIpc) is 2.28. The fourth-order valence-corrected chi connectivity index (χ4v) is 1.21. The summed E-state index contributed by atoms with van der Waals surface area (Å²) in [6.45, 7) is 5.76. The van der Waals surface area contributed by atoms with Crippen molar-refractivity contribution in [3.63, 3.8) is 0 Å². The molecule has 0 saturated carbocycles. The number of carbonyl (C=O) groups is 1. The molecule has 13 heavy (non-hydrogen) atoms. The third-order valence-electron chi connectivity index (χ3n) is 1.86. The standard InChI is InChI=1S/C8H15NO4/c1-5(12-7(9)10)6-4-11-8(2,3)13-6/h5-6H,4H2,1-3H3,(H2,9,10)/t5-,6+/m1/s1. The average molecular weight is 189 g/mol. The van der Waals surface area contributed by atoms with Gasteiger partial charge in [0.2, 0.25) is 0 Å². The highest BCUT2D eigenvalue weighted by molar-refractivity contribution is 5.64. The van der Waals surface area contributed by atoms with Crippen molar-refractivity contribution in [3.05, 3.63) is 0 Å². The normalized spacial score (nSPS) is 28.4. The molecule has 2 N–H and O–H groups in total. The lowest BCUT2D eigenvalue weighted by atomic mass is 10.2. The van der Waals surface area contributed by atoms with Gasteiger partial charge in [0.1, 0.15) is 12.2 Å². The zero-order chi connectivity index (χ0) is 10.1. The molecule has 0 aromatic rings. The zero-order valence-corrected chi connectivity index (χ0v) is 8.07. The van der Waals surface area contributed by atoms with Gasteiger partial charge in [-0.25, -0.2) is 4.79 Å². The third-order valence-corrected chi connectivity index (χ3v) is 1.86. The maximum atomic E-state index is 10.4. The van der Waals surface area contributed by atoms with E-state index in [1.807, 2.05) is 13.8 Å². The van der Waals surface area contributed by atoms with Crippen LogP contribution in [0, 0.1) is 0 Å². The summed E-state index contributed by atoms with van der Waals surface area (Å²) in [6, 6.07) is 0. The van der Waals surface area contributed by atoms with E-state index in [0.717, 1.165) is 0 Å². The second kappa shape index (κ2) is 3.51. The van der Waals surface area contributed by atoms with Crippen molar-refractivity contribution in [2.24, 2.45) is 5.73 Å². The number of hydrogen-bond donors (Lipinski definition) is 1. The largest absolute Gasteiger partial charge is 0.444 e. The lowest BCUT2D eigenvalue weighted by molar-refractivity contribution is -0.149. The van der Waals surface area contributed by atoms with Crippen LogP contribution in [-0.4, -0.2) is 30.7 Å². The molecule has 1 aliphatic heterocycles. The Labute approximate surface area is 77.1 Å². The molecule has 0 aromatic carbocycles. The van der Waals surface area contributed by atoms with Crippen LogP contribution in [0.2, 0.25) is 0 Å². The second-order valence-corrected chi connectivity index (χ2v) is 3.51. The van der Waals surface area contributed by atoms with Crippen molar-refractivity contribution >= 4 is 6.09 Å². The summed E-state index contributed by atoms with van der Waals surface area (Å²) in [5.74, 6) is -0.597. The van der Waals surface area contributed by atoms with E-state index in [1.165, 1.54) is 0 Å². The van der Waals surface area contributed by atoms with Crippen LogP contribution >= 0.6 is 0 Å². The predicted octanol–water partition coefficient (Wildman–Crippen LogP) is 0.622. The van der Waals surface area contributed by atoms with Crippen LogP contribution in [0.15, 0.2) is 0 Å². The van der Waals surface area contributed by atoms with Gasteiger partial charge in [0, 0.05) is 0 Å². The molecule has 1 heterocycles. The summed E-state index contributed by atoms with van der Waals surface area (Å²) < 4.78 is 15.5. The van der Waals surface area contributed by atoms with Crippen LogP contribution < -0.4 is 5.73 Å². The van der Waals surface area contributed by atoms with Gasteiger partial charge in [0.15, 0.2) is 5.79 Å². The summed E-state index contributed by atoms with van der Waals surface area (Å²) in [5, 5.41) is 0. The quantitative estimate of drug-likeness (QED) is 0.691. The Balaban J connectivity index is 2.42. The van der Waals surface area contributed by atoms with E-state index in [2.05, 4.69) is 0 Å². The Hall–Kier alpha value is -0.810. The SMILES string of the molecule is C[C@@H](OC(N)=O)[C@@H]1COC(C)(C)O1. The van der Waals surface area contributed by atoms with E-state index < -0.39 is 11.9 Å². The first-order chi connectivity index (χ1) is 5.91. The zero-order valence-electron chi connectivity index (χ0n) is 8.07. The smallest absolute Gasteiger partial charge is 0.404 e. The molecule has 1 aliphatic rings. The molecule has 5 nitrogen and oxygen atoms in total. The van der Waals surface area contributed by atoms with E-state index in [1.54, 1.807) is 6.92 Å². The summed E-state index contributed by atoms with van der Waals surface area (Å²) in [4.78, 5) is 10.4. The van der Waals surface area contributed by atoms with Gasteiger partial charge in [-0.1, -0.05) is 0 Å². The highest BCUT2D eigenvalue weighted by Crippen LogP contribution is 2.24. The first-order valence-electron chi connectivity index (χ1n) is 4.18. The molecule has 0 bridgehead atoms. The van der Waals surface area contributed by atoms with Crippen molar-refractivity contribution in [1.29, 1.82) is 0 Å². The van der Waals surface area contributed by atoms with Gasteiger partial charge < -0.3 is 19.9 Å². The second-order valence-electron chi connectivity index (χ2n) is 3.51. The number of hydrogen-bond acceptors (Lipinski definition) is 4. The van der Waals surface area contributed by atoms with E-state index >= 15 is 0 Å². The van der Waals surface area contributed by atoms with Gasteiger partial charge in [-0.15, -0.1) is 0 Å². The van der Waals surface area contributed by atoms with Crippen LogP contribution in [0.25, 0.3) is 0 Å². The van der Waals surface area contributed by atoms with Crippen LogP contribution in [0.3, 0.4) is 0 Å². The van der Waals surface area contributed by atoms with Gasteiger partial charge in [-0.3, -0.25) is 0 Å². The molecule has 0 radical (unpaired) electrons. The highest BCUT2D eigenvalue weighted by atomic mass is 16.8. The van der Waals surface area contributed by atoms with Crippen LogP contribution in [0.1, 0.15) is 20.8 Å². The Morgan fingerprint density at radius 2 is 2.31 bits per heavy atom. The maximum Gasteiger partial charge on any atom is 0.404 e.